The monoisotopic (exact) mass is 238 g/mol. The quantitative estimate of drug-likeness (QED) is 0.805. The van der Waals surface area contributed by atoms with Crippen molar-refractivity contribution in [3.63, 3.8) is 0 Å². The molecule has 0 aromatic rings. The van der Waals surface area contributed by atoms with E-state index < -0.39 is 5.54 Å². The lowest BCUT2D eigenvalue weighted by Gasteiger charge is -2.43. The number of hydrogen-bond donors (Lipinski definition) is 1. The first-order valence-electron chi connectivity index (χ1n) is 6.65. The highest BCUT2D eigenvalue weighted by molar-refractivity contribution is 5.98. The van der Waals surface area contributed by atoms with Crippen LogP contribution >= 0.6 is 0 Å². The molecular weight excluding hydrogens is 216 g/mol. The number of hydrogen-bond acceptors (Lipinski definition) is 2. The molecule has 2 fully saturated rings. The Hall–Kier alpha value is -1.06. The molecule has 4 heteroatoms. The highest BCUT2D eigenvalue weighted by Gasteiger charge is 2.50. The molecule has 96 valence electrons. The largest absolute Gasteiger partial charge is 0.345 e. The van der Waals surface area contributed by atoms with Crippen LogP contribution < -0.4 is 5.32 Å². The van der Waals surface area contributed by atoms with Crippen LogP contribution in [0.3, 0.4) is 0 Å². The van der Waals surface area contributed by atoms with Crippen LogP contribution in [0, 0.1) is 5.92 Å². The fourth-order valence-corrected chi connectivity index (χ4v) is 2.96. The van der Waals surface area contributed by atoms with Gasteiger partial charge < -0.3 is 10.2 Å². The van der Waals surface area contributed by atoms with Gasteiger partial charge in [-0.25, -0.2) is 0 Å². The van der Waals surface area contributed by atoms with Crippen molar-refractivity contribution >= 4 is 11.8 Å². The van der Waals surface area contributed by atoms with Gasteiger partial charge in [0.15, 0.2) is 0 Å². The summed E-state index contributed by atoms with van der Waals surface area (Å²) < 4.78 is 0. The van der Waals surface area contributed by atoms with Crippen molar-refractivity contribution in [2.75, 3.05) is 13.1 Å². The fourth-order valence-electron chi connectivity index (χ4n) is 2.96. The minimum atomic E-state index is -0.510. The predicted octanol–water partition coefficient (Wildman–Crippen LogP) is 1.30. The van der Waals surface area contributed by atoms with Crippen molar-refractivity contribution in [3.8, 4) is 0 Å². The molecule has 1 N–H and O–H groups in total. The molecule has 2 rings (SSSR count). The smallest absolute Gasteiger partial charge is 0.246 e. The summed E-state index contributed by atoms with van der Waals surface area (Å²) in [5, 5.41) is 2.75. The van der Waals surface area contributed by atoms with E-state index in [0.29, 0.717) is 5.92 Å². The first-order chi connectivity index (χ1) is 8.06. The Morgan fingerprint density at radius 1 is 1.29 bits per heavy atom. The van der Waals surface area contributed by atoms with Gasteiger partial charge in [-0.1, -0.05) is 26.7 Å². The fraction of sp³-hybridized carbons (Fsp3) is 0.846. The first kappa shape index (κ1) is 12.4. The number of carbonyl (C=O) groups excluding carboxylic acids is 2. The van der Waals surface area contributed by atoms with Crippen LogP contribution in [0.25, 0.3) is 0 Å². The maximum Gasteiger partial charge on any atom is 0.246 e. The highest BCUT2D eigenvalue weighted by Crippen LogP contribution is 2.37. The lowest BCUT2D eigenvalue weighted by Crippen LogP contribution is -2.66. The number of rotatable bonds is 3. The minimum absolute atomic E-state index is 0.0679. The summed E-state index contributed by atoms with van der Waals surface area (Å²) in [6.45, 7) is 5.20. The molecule has 0 atom stereocenters. The molecule has 0 bridgehead atoms. The van der Waals surface area contributed by atoms with Crippen LogP contribution in [0.5, 0.6) is 0 Å². The Kier molecular flexibility index (Phi) is 3.40. The van der Waals surface area contributed by atoms with Gasteiger partial charge >= 0.3 is 0 Å². The van der Waals surface area contributed by atoms with Crippen molar-refractivity contribution in [1.29, 1.82) is 0 Å². The summed E-state index contributed by atoms with van der Waals surface area (Å²) in [4.78, 5) is 26.0. The SMILES string of the molecule is CC(C)CCN1C(=O)CNC(=O)C12CCCC2. The van der Waals surface area contributed by atoms with Crippen LogP contribution in [0.2, 0.25) is 0 Å². The van der Waals surface area contributed by atoms with Crippen molar-refractivity contribution in [2.24, 2.45) is 5.92 Å². The average molecular weight is 238 g/mol. The van der Waals surface area contributed by atoms with Crippen LogP contribution in [0.1, 0.15) is 46.0 Å². The van der Waals surface area contributed by atoms with Gasteiger partial charge in [0.2, 0.25) is 11.8 Å². The van der Waals surface area contributed by atoms with Gasteiger partial charge in [0, 0.05) is 6.54 Å². The lowest BCUT2D eigenvalue weighted by molar-refractivity contribution is -0.153. The van der Waals surface area contributed by atoms with Gasteiger partial charge in [-0.05, 0) is 25.2 Å². The van der Waals surface area contributed by atoms with E-state index in [9.17, 15) is 9.59 Å². The van der Waals surface area contributed by atoms with E-state index >= 15 is 0 Å². The van der Waals surface area contributed by atoms with Crippen LogP contribution in [0.4, 0.5) is 0 Å². The van der Waals surface area contributed by atoms with E-state index in [1.165, 1.54) is 0 Å². The summed E-state index contributed by atoms with van der Waals surface area (Å²) in [5.41, 5.74) is -0.510. The number of piperazine rings is 1. The number of carbonyl (C=O) groups is 2. The molecule has 1 aliphatic heterocycles. The van der Waals surface area contributed by atoms with Crippen molar-refractivity contribution in [1.82, 2.24) is 10.2 Å². The standard InChI is InChI=1S/C13H22N2O2/c1-10(2)5-8-15-11(16)9-14-12(17)13(15)6-3-4-7-13/h10H,3-9H2,1-2H3,(H,14,17). The molecule has 0 aromatic carbocycles. The third-order valence-electron chi connectivity index (χ3n) is 4.00. The average Bonchev–Trinajstić information content (AvgIpc) is 2.74. The first-order valence-corrected chi connectivity index (χ1v) is 6.65. The Morgan fingerprint density at radius 2 is 1.94 bits per heavy atom. The molecule has 17 heavy (non-hydrogen) atoms. The number of amides is 2. The third-order valence-corrected chi connectivity index (χ3v) is 4.00. The highest BCUT2D eigenvalue weighted by atomic mass is 16.2. The van der Waals surface area contributed by atoms with Gasteiger partial charge in [0.05, 0.1) is 6.54 Å². The maximum atomic E-state index is 12.1. The molecule has 4 nitrogen and oxygen atoms in total. The molecule has 1 aliphatic carbocycles. The summed E-state index contributed by atoms with van der Waals surface area (Å²) in [6, 6.07) is 0. The van der Waals surface area contributed by atoms with Crippen molar-refractivity contribution < 1.29 is 9.59 Å². The van der Waals surface area contributed by atoms with E-state index in [0.717, 1.165) is 38.6 Å². The van der Waals surface area contributed by atoms with Crippen LogP contribution in [-0.4, -0.2) is 35.3 Å². The number of nitrogens with zero attached hydrogens (tertiary/aromatic N) is 1. The Bertz CT molecular complexity index is 319. The normalized spacial score (nSPS) is 23.6. The number of nitrogens with one attached hydrogen (secondary N) is 1. The van der Waals surface area contributed by atoms with E-state index in [-0.39, 0.29) is 18.4 Å². The molecule has 0 radical (unpaired) electrons. The third kappa shape index (κ3) is 2.17. The zero-order valence-corrected chi connectivity index (χ0v) is 10.8. The van der Waals surface area contributed by atoms with E-state index in [1.807, 2.05) is 4.90 Å². The molecule has 2 amide bonds. The van der Waals surface area contributed by atoms with Gasteiger partial charge in [0.1, 0.15) is 5.54 Å². The molecule has 1 saturated heterocycles. The Morgan fingerprint density at radius 3 is 2.53 bits per heavy atom. The second kappa shape index (κ2) is 4.67. The van der Waals surface area contributed by atoms with Gasteiger partial charge in [-0.3, -0.25) is 9.59 Å². The Labute approximate surface area is 103 Å². The molecule has 1 saturated carbocycles. The molecule has 1 heterocycles. The molecule has 2 aliphatic rings. The summed E-state index contributed by atoms with van der Waals surface area (Å²) in [7, 11) is 0. The zero-order chi connectivity index (χ0) is 12.5. The second-order valence-corrected chi connectivity index (χ2v) is 5.65. The van der Waals surface area contributed by atoms with Gasteiger partial charge in [-0.2, -0.15) is 0 Å². The van der Waals surface area contributed by atoms with Gasteiger partial charge in [0.25, 0.3) is 0 Å². The summed E-state index contributed by atoms with van der Waals surface area (Å²) in [6.07, 6.45) is 4.75. The lowest BCUT2D eigenvalue weighted by atomic mass is 9.90. The van der Waals surface area contributed by atoms with Crippen LogP contribution in [-0.2, 0) is 9.59 Å². The van der Waals surface area contributed by atoms with Crippen molar-refractivity contribution in [3.05, 3.63) is 0 Å². The molecule has 0 unspecified atom stereocenters. The maximum absolute atomic E-state index is 12.1. The minimum Gasteiger partial charge on any atom is -0.345 e. The summed E-state index contributed by atoms with van der Waals surface area (Å²) in [5.74, 6) is 0.719. The summed E-state index contributed by atoms with van der Waals surface area (Å²) >= 11 is 0. The molecule has 1 spiro atoms. The van der Waals surface area contributed by atoms with E-state index in [2.05, 4.69) is 19.2 Å². The van der Waals surface area contributed by atoms with E-state index in [4.69, 9.17) is 0 Å². The molecular formula is C13H22N2O2. The van der Waals surface area contributed by atoms with E-state index in [1.54, 1.807) is 0 Å². The molecule has 0 aromatic heterocycles. The van der Waals surface area contributed by atoms with Crippen LogP contribution in [0.15, 0.2) is 0 Å². The van der Waals surface area contributed by atoms with Crippen molar-refractivity contribution in [2.45, 2.75) is 51.5 Å². The predicted molar refractivity (Wildman–Crippen MR) is 65.4 cm³/mol. The van der Waals surface area contributed by atoms with Gasteiger partial charge in [-0.15, -0.1) is 0 Å². The topological polar surface area (TPSA) is 49.4 Å². The zero-order valence-electron chi connectivity index (χ0n) is 10.8. The second-order valence-electron chi connectivity index (χ2n) is 5.65. The Balaban J connectivity index is 2.16.